The minimum absolute atomic E-state index is 0.0537. The molecule has 0 aliphatic heterocycles. The number of unbranched alkanes of at least 4 members (excludes halogenated alkanes) is 2. The molecule has 4 nitrogen and oxygen atoms in total. The lowest BCUT2D eigenvalue weighted by molar-refractivity contribution is -0.137. The SMILES string of the molecule is CCCCCN(C)CC(N)CC(=O)O. The number of aliphatic carboxylic acids is 1. The van der Waals surface area contributed by atoms with Gasteiger partial charge in [0.15, 0.2) is 0 Å². The molecule has 0 fully saturated rings. The van der Waals surface area contributed by atoms with Gasteiger partial charge in [-0.2, -0.15) is 0 Å². The summed E-state index contributed by atoms with van der Waals surface area (Å²) in [5.41, 5.74) is 5.66. The maximum Gasteiger partial charge on any atom is 0.304 e. The highest BCUT2D eigenvalue weighted by atomic mass is 16.4. The van der Waals surface area contributed by atoms with Crippen LogP contribution in [0.25, 0.3) is 0 Å². The summed E-state index contributed by atoms with van der Waals surface area (Å²) >= 11 is 0. The number of hydrogen-bond acceptors (Lipinski definition) is 3. The molecule has 0 aliphatic rings. The van der Waals surface area contributed by atoms with Gasteiger partial charge in [0.05, 0.1) is 6.42 Å². The Kier molecular flexibility index (Phi) is 7.42. The van der Waals surface area contributed by atoms with Gasteiger partial charge in [0, 0.05) is 12.6 Å². The van der Waals surface area contributed by atoms with E-state index in [2.05, 4.69) is 11.8 Å². The van der Waals surface area contributed by atoms with Crippen molar-refractivity contribution in [3.63, 3.8) is 0 Å². The van der Waals surface area contributed by atoms with Crippen LogP contribution in [0.2, 0.25) is 0 Å². The first-order valence-electron chi connectivity index (χ1n) is 5.22. The molecule has 14 heavy (non-hydrogen) atoms. The summed E-state index contributed by atoms with van der Waals surface area (Å²) in [6, 6.07) is -0.251. The first kappa shape index (κ1) is 13.4. The van der Waals surface area contributed by atoms with Crippen LogP contribution in [-0.2, 0) is 4.79 Å². The largest absolute Gasteiger partial charge is 0.481 e. The lowest BCUT2D eigenvalue weighted by Crippen LogP contribution is -2.37. The molecule has 0 saturated carbocycles. The summed E-state index contributed by atoms with van der Waals surface area (Å²) in [4.78, 5) is 12.5. The lowest BCUT2D eigenvalue weighted by atomic mass is 10.2. The fourth-order valence-electron chi connectivity index (χ4n) is 1.41. The van der Waals surface area contributed by atoms with E-state index >= 15 is 0 Å². The van der Waals surface area contributed by atoms with Crippen molar-refractivity contribution in [1.82, 2.24) is 4.90 Å². The van der Waals surface area contributed by atoms with Crippen molar-refractivity contribution in [2.45, 2.75) is 38.6 Å². The molecule has 3 N–H and O–H groups in total. The normalized spacial score (nSPS) is 13.1. The van der Waals surface area contributed by atoms with Gasteiger partial charge in [-0.1, -0.05) is 19.8 Å². The van der Waals surface area contributed by atoms with Gasteiger partial charge in [0.1, 0.15) is 0 Å². The van der Waals surface area contributed by atoms with E-state index in [1.165, 1.54) is 12.8 Å². The van der Waals surface area contributed by atoms with Crippen LogP contribution in [0.4, 0.5) is 0 Å². The van der Waals surface area contributed by atoms with Gasteiger partial charge in [-0.05, 0) is 20.0 Å². The Hall–Kier alpha value is -0.610. The Labute approximate surface area is 86.1 Å². The molecule has 0 spiro atoms. The molecule has 0 heterocycles. The van der Waals surface area contributed by atoms with Crippen LogP contribution in [0, 0.1) is 0 Å². The zero-order valence-corrected chi connectivity index (χ0v) is 9.20. The molecule has 0 bridgehead atoms. The number of carbonyl (C=O) groups is 1. The summed E-state index contributed by atoms with van der Waals surface area (Å²) < 4.78 is 0. The van der Waals surface area contributed by atoms with Crippen molar-refractivity contribution in [3.05, 3.63) is 0 Å². The minimum atomic E-state index is -0.820. The highest BCUT2D eigenvalue weighted by molar-refractivity contribution is 5.67. The third kappa shape index (κ3) is 8.01. The Balaban J connectivity index is 3.49. The summed E-state index contributed by atoms with van der Waals surface area (Å²) in [5, 5.41) is 8.51. The van der Waals surface area contributed by atoms with E-state index in [1.54, 1.807) is 0 Å². The van der Waals surface area contributed by atoms with E-state index in [9.17, 15) is 4.79 Å². The van der Waals surface area contributed by atoms with Crippen LogP contribution in [0.5, 0.6) is 0 Å². The molecule has 0 aromatic rings. The predicted molar refractivity (Wildman–Crippen MR) is 57.3 cm³/mol. The standard InChI is InChI=1S/C10H22N2O2/c1-3-4-5-6-12(2)8-9(11)7-10(13)14/h9H,3-8,11H2,1-2H3,(H,13,14). The first-order valence-corrected chi connectivity index (χ1v) is 5.22. The molecular weight excluding hydrogens is 180 g/mol. The van der Waals surface area contributed by atoms with Gasteiger partial charge in [0.2, 0.25) is 0 Å². The van der Waals surface area contributed by atoms with Crippen molar-refractivity contribution in [2.24, 2.45) is 5.73 Å². The smallest absolute Gasteiger partial charge is 0.304 e. The van der Waals surface area contributed by atoms with Crippen molar-refractivity contribution in [3.8, 4) is 0 Å². The summed E-state index contributed by atoms with van der Waals surface area (Å²) in [7, 11) is 1.98. The number of rotatable bonds is 8. The molecule has 84 valence electrons. The molecule has 0 saturated heterocycles. The average Bonchev–Trinajstić information content (AvgIpc) is 2.02. The van der Waals surface area contributed by atoms with E-state index in [4.69, 9.17) is 10.8 Å². The van der Waals surface area contributed by atoms with E-state index in [0.717, 1.165) is 13.0 Å². The van der Waals surface area contributed by atoms with Gasteiger partial charge in [-0.25, -0.2) is 0 Å². The molecule has 4 heteroatoms. The van der Waals surface area contributed by atoms with Crippen LogP contribution in [0.1, 0.15) is 32.6 Å². The second-order valence-electron chi connectivity index (χ2n) is 3.83. The van der Waals surface area contributed by atoms with E-state index < -0.39 is 5.97 Å². The van der Waals surface area contributed by atoms with Crippen molar-refractivity contribution in [2.75, 3.05) is 20.1 Å². The monoisotopic (exact) mass is 202 g/mol. The Morgan fingerprint density at radius 3 is 2.64 bits per heavy atom. The van der Waals surface area contributed by atoms with Crippen molar-refractivity contribution >= 4 is 5.97 Å². The quantitative estimate of drug-likeness (QED) is 0.574. The maximum atomic E-state index is 10.4. The van der Waals surface area contributed by atoms with Crippen LogP contribution in [0.15, 0.2) is 0 Å². The molecule has 0 radical (unpaired) electrons. The molecule has 0 rings (SSSR count). The highest BCUT2D eigenvalue weighted by Crippen LogP contribution is 1.98. The fraction of sp³-hybridized carbons (Fsp3) is 0.900. The highest BCUT2D eigenvalue weighted by Gasteiger charge is 2.10. The number of nitrogens with zero attached hydrogens (tertiary/aromatic N) is 1. The number of nitrogens with two attached hydrogens (primary N) is 1. The summed E-state index contributed by atoms with van der Waals surface area (Å²) in [5.74, 6) is -0.820. The molecule has 0 aliphatic carbocycles. The Morgan fingerprint density at radius 1 is 1.50 bits per heavy atom. The predicted octanol–water partition coefficient (Wildman–Crippen LogP) is 0.910. The van der Waals surface area contributed by atoms with E-state index in [0.29, 0.717) is 6.54 Å². The zero-order valence-electron chi connectivity index (χ0n) is 9.20. The van der Waals surface area contributed by atoms with E-state index in [-0.39, 0.29) is 12.5 Å². The Bertz CT molecular complexity index is 162. The summed E-state index contributed by atoms with van der Waals surface area (Å²) in [6.07, 6.45) is 3.64. The van der Waals surface area contributed by atoms with Crippen LogP contribution in [-0.4, -0.2) is 42.2 Å². The number of carboxylic acid groups (broad SMARTS) is 1. The van der Waals surface area contributed by atoms with Gasteiger partial charge in [-0.15, -0.1) is 0 Å². The lowest BCUT2D eigenvalue weighted by Gasteiger charge is -2.19. The minimum Gasteiger partial charge on any atom is -0.481 e. The topological polar surface area (TPSA) is 66.6 Å². The third-order valence-corrected chi connectivity index (χ3v) is 2.13. The summed E-state index contributed by atoms with van der Waals surface area (Å²) in [6.45, 7) is 3.83. The van der Waals surface area contributed by atoms with Crippen LogP contribution >= 0.6 is 0 Å². The van der Waals surface area contributed by atoms with Gasteiger partial charge in [0.25, 0.3) is 0 Å². The van der Waals surface area contributed by atoms with Crippen LogP contribution in [0.3, 0.4) is 0 Å². The van der Waals surface area contributed by atoms with Gasteiger partial charge in [-0.3, -0.25) is 4.79 Å². The second-order valence-corrected chi connectivity index (χ2v) is 3.83. The van der Waals surface area contributed by atoms with Crippen molar-refractivity contribution < 1.29 is 9.90 Å². The maximum absolute atomic E-state index is 10.4. The molecule has 0 aromatic heterocycles. The second kappa shape index (κ2) is 7.76. The van der Waals surface area contributed by atoms with Crippen LogP contribution < -0.4 is 5.73 Å². The molecule has 1 unspecified atom stereocenters. The van der Waals surface area contributed by atoms with E-state index in [1.807, 2.05) is 7.05 Å². The van der Waals surface area contributed by atoms with Crippen molar-refractivity contribution in [1.29, 1.82) is 0 Å². The average molecular weight is 202 g/mol. The molecule has 0 amide bonds. The zero-order chi connectivity index (χ0) is 11.0. The molecule has 0 aromatic carbocycles. The third-order valence-electron chi connectivity index (χ3n) is 2.13. The number of carboxylic acids is 1. The number of hydrogen-bond donors (Lipinski definition) is 2. The first-order chi connectivity index (χ1) is 6.56. The molecule has 1 atom stereocenters. The Morgan fingerprint density at radius 2 is 2.14 bits per heavy atom. The number of likely N-dealkylation sites (N-methyl/N-ethyl adjacent to an activating group) is 1. The molecular formula is C10H22N2O2. The van der Waals surface area contributed by atoms with Gasteiger partial charge < -0.3 is 15.7 Å². The fourth-order valence-corrected chi connectivity index (χ4v) is 1.41. The van der Waals surface area contributed by atoms with Gasteiger partial charge >= 0.3 is 5.97 Å².